The Morgan fingerprint density at radius 1 is 1.06 bits per heavy atom. The molecule has 8 heteroatoms. The van der Waals surface area contributed by atoms with Gasteiger partial charge in [-0.25, -0.2) is 4.39 Å². The highest BCUT2D eigenvalue weighted by molar-refractivity contribution is 5.99. The molecular formula is C28H32FNO6. The van der Waals surface area contributed by atoms with Crippen molar-refractivity contribution in [1.29, 1.82) is 0 Å². The van der Waals surface area contributed by atoms with Crippen LogP contribution >= 0.6 is 0 Å². The van der Waals surface area contributed by atoms with Crippen LogP contribution in [0.1, 0.15) is 61.8 Å². The third-order valence-electron chi connectivity index (χ3n) is 6.00. The molecule has 0 bridgehead atoms. The number of hydrogen-bond acceptors (Lipinski definition) is 6. The summed E-state index contributed by atoms with van der Waals surface area (Å²) in [6.07, 6.45) is 0.641. The molecule has 1 amide bonds. The average molecular weight is 498 g/mol. The maximum absolute atomic E-state index is 14.0. The van der Waals surface area contributed by atoms with Crippen molar-refractivity contribution in [2.75, 3.05) is 26.9 Å². The van der Waals surface area contributed by atoms with Gasteiger partial charge in [0, 0.05) is 13.2 Å². The molecule has 0 N–H and O–H groups in total. The number of hydrogen-bond donors (Lipinski definition) is 0. The van der Waals surface area contributed by atoms with E-state index >= 15 is 0 Å². The molecule has 1 atom stereocenters. The second-order valence-electron chi connectivity index (χ2n) is 9.60. The van der Waals surface area contributed by atoms with Gasteiger partial charge in [-0.05, 0) is 62.1 Å². The van der Waals surface area contributed by atoms with Crippen molar-refractivity contribution in [3.63, 3.8) is 0 Å². The van der Waals surface area contributed by atoms with Gasteiger partial charge in [-0.2, -0.15) is 0 Å². The van der Waals surface area contributed by atoms with Gasteiger partial charge in [0.25, 0.3) is 5.91 Å². The average Bonchev–Trinajstić information content (AvgIpc) is 3.12. The molecule has 4 rings (SSSR count). The third kappa shape index (κ3) is 5.09. The maximum Gasteiger partial charge on any atom is 0.290 e. The number of carbonyl (C=O) groups excluding carboxylic acids is 1. The molecule has 1 aliphatic rings. The van der Waals surface area contributed by atoms with Crippen LogP contribution in [0.15, 0.2) is 45.6 Å². The molecule has 0 spiro atoms. The number of methoxy groups -OCH3 is 1. The Kier molecular flexibility index (Phi) is 7.64. The Balaban J connectivity index is 1.80. The zero-order valence-electron chi connectivity index (χ0n) is 21.3. The third-order valence-corrected chi connectivity index (χ3v) is 6.00. The van der Waals surface area contributed by atoms with E-state index in [0.29, 0.717) is 49.2 Å². The first kappa shape index (κ1) is 25.7. The summed E-state index contributed by atoms with van der Waals surface area (Å²) in [5, 5.41) is 0.0976. The lowest BCUT2D eigenvalue weighted by Gasteiger charge is -2.26. The van der Waals surface area contributed by atoms with Gasteiger partial charge in [0.05, 0.1) is 36.8 Å². The zero-order chi connectivity index (χ0) is 26.0. The van der Waals surface area contributed by atoms with Gasteiger partial charge in [0.1, 0.15) is 11.4 Å². The number of fused-ring (bicyclic) bond motifs is 2. The molecule has 1 aromatic heterocycles. The molecule has 1 aliphatic heterocycles. The van der Waals surface area contributed by atoms with Gasteiger partial charge in [0.2, 0.25) is 5.76 Å². The van der Waals surface area contributed by atoms with Gasteiger partial charge in [0.15, 0.2) is 16.9 Å². The highest BCUT2D eigenvalue weighted by Gasteiger charge is 2.42. The van der Waals surface area contributed by atoms with Crippen LogP contribution in [0.3, 0.4) is 0 Å². The van der Waals surface area contributed by atoms with E-state index in [2.05, 4.69) is 13.8 Å². The summed E-state index contributed by atoms with van der Waals surface area (Å²) in [6.45, 7) is 9.32. The number of halogens is 1. The Bertz CT molecular complexity index is 1320. The number of benzene rings is 2. The van der Waals surface area contributed by atoms with Gasteiger partial charge in [-0.3, -0.25) is 9.59 Å². The summed E-state index contributed by atoms with van der Waals surface area (Å²) in [4.78, 5) is 28.7. The summed E-state index contributed by atoms with van der Waals surface area (Å²) in [7, 11) is 1.54. The van der Waals surface area contributed by atoms with Gasteiger partial charge >= 0.3 is 0 Å². The van der Waals surface area contributed by atoms with E-state index in [1.54, 1.807) is 24.1 Å². The molecule has 0 aliphatic carbocycles. The lowest BCUT2D eigenvalue weighted by Crippen LogP contribution is -2.31. The summed E-state index contributed by atoms with van der Waals surface area (Å²) >= 11 is 0. The van der Waals surface area contributed by atoms with Crippen LogP contribution in [-0.4, -0.2) is 43.8 Å². The second kappa shape index (κ2) is 10.7. The number of carbonyl (C=O) groups is 1. The SMILES string of the molecule is COc1cc(C2c3c(oc4ccc(F)cc4c3=O)C(=O)N2CCCOC(C)C)ccc1OCC(C)C. The summed E-state index contributed by atoms with van der Waals surface area (Å²) in [5.74, 6) is 0.439. The molecule has 192 valence electrons. The number of ether oxygens (including phenoxy) is 3. The Labute approximate surface area is 209 Å². The van der Waals surface area contributed by atoms with Crippen LogP contribution < -0.4 is 14.9 Å². The van der Waals surface area contributed by atoms with Crippen molar-refractivity contribution in [2.24, 2.45) is 5.92 Å². The minimum Gasteiger partial charge on any atom is -0.493 e. The van der Waals surface area contributed by atoms with Crippen molar-refractivity contribution in [3.8, 4) is 11.5 Å². The summed E-state index contributed by atoms with van der Waals surface area (Å²) in [6, 6.07) is 8.37. The van der Waals surface area contributed by atoms with Crippen LogP contribution in [0.25, 0.3) is 11.0 Å². The minimum absolute atomic E-state index is 0.0204. The number of amides is 1. The lowest BCUT2D eigenvalue weighted by atomic mass is 9.98. The second-order valence-corrected chi connectivity index (χ2v) is 9.60. The molecule has 0 fully saturated rings. The first-order chi connectivity index (χ1) is 17.2. The largest absolute Gasteiger partial charge is 0.493 e. The molecule has 7 nitrogen and oxygen atoms in total. The Morgan fingerprint density at radius 3 is 2.53 bits per heavy atom. The van der Waals surface area contributed by atoms with E-state index in [9.17, 15) is 14.0 Å². The van der Waals surface area contributed by atoms with Crippen LogP contribution in [-0.2, 0) is 4.74 Å². The molecule has 2 aromatic carbocycles. The maximum atomic E-state index is 14.0. The van der Waals surface area contributed by atoms with E-state index in [1.807, 2.05) is 19.9 Å². The fourth-order valence-corrected chi connectivity index (χ4v) is 4.35. The van der Waals surface area contributed by atoms with Crippen molar-refractivity contribution < 1.29 is 27.8 Å². The fraction of sp³-hybridized carbons (Fsp3) is 0.429. The molecular weight excluding hydrogens is 465 g/mol. The van der Waals surface area contributed by atoms with E-state index in [-0.39, 0.29) is 34.3 Å². The van der Waals surface area contributed by atoms with Crippen LogP contribution in [0.2, 0.25) is 0 Å². The van der Waals surface area contributed by atoms with E-state index in [4.69, 9.17) is 18.6 Å². The van der Waals surface area contributed by atoms with E-state index < -0.39 is 17.3 Å². The predicted octanol–water partition coefficient (Wildman–Crippen LogP) is 5.34. The van der Waals surface area contributed by atoms with Gasteiger partial charge in [-0.15, -0.1) is 0 Å². The van der Waals surface area contributed by atoms with E-state index in [0.717, 1.165) is 6.07 Å². The van der Waals surface area contributed by atoms with Crippen molar-refractivity contribution in [3.05, 3.63) is 69.3 Å². The highest BCUT2D eigenvalue weighted by Crippen LogP contribution is 2.41. The lowest BCUT2D eigenvalue weighted by molar-refractivity contribution is 0.0593. The normalized spacial score (nSPS) is 15.3. The van der Waals surface area contributed by atoms with Gasteiger partial charge in [-0.1, -0.05) is 19.9 Å². The van der Waals surface area contributed by atoms with E-state index in [1.165, 1.54) is 12.1 Å². The van der Waals surface area contributed by atoms with Crippen LogP contribution in [0, 0.1) is 11.7 Å². The van der Waals surface area contributed by atoms with Crippen LogP contribution in [0.5, 0.6) is 11.5 Å². The minimum atomic E-state index is -0.719. The predicted molar refractivity (Wildman–Crippen MR) is 134 cm³/mol. The fourth-order valence-electron chi connectivity index (χ4n) is 4.35. The first-order valence-corrected chi connectivity index (χ1v) is 12.2. The topological polar surface area (TPSA) is 78.2 Å². The molecule has 0 saturated heterocycles. The Morgan fingerprint density at radius 2 is 1.83 bits per heavy atom. The molecule has 0 radical (unpaired) electrons. The first-order valence-electron chi connectivity index (χ1n) is 12.2. The summed E-state index contributed by atoms with van der Waals surface area (Å²) in [5.41, 5.74) is 0.612. The quantitative estimate of drug-likeness (QED) is 0.352. The molecule has 3 aromatic rings. The number of nitrogens with zero attached hydrogens (tertiary/aromatic N) is 1. The number of rotatable bonds is 10. The van der Waals surface area contributed by atoms with Crippen molar-refractivity contribution in [2.45, 2.75) is 46.3 Å². The molecule has 36 heavy (non-hydrogen) atoms. The molecule has 0 saturated carbocycles. The zero-order valence-corrected chi connectivity index (χ0v) is 21.3. The van der Waals surface area contributed by atoms with Crippen LogP contribution in [0.4, 0.5) is 4.39 Å². The molecule has 1 unspecified atom stereocenters. The molecule has 2 heterocycles. The Hall–Kier alpha value is -3.39. The smallest absolute Gasteiger partial charge is 0.290 e. The monoisotopic (exact) mass is 497 g/mol. The highest BCUT2D eigenvalue weighted by atomic mass is 19.1. The van der Waals surface area contributed by atoms with Crippen molar-refractivity contribution >= 4 is 16.9 Å². The van der Waals surface area contributed by atoms with Gasteiger partial charge < -0.3 is 23.5 Å². The standard InChI is InChI=1S/C28H32FNO6/c1-16(2)15-35-22-9-7-18(13-23(22)33-5)25-24-26(31)20-14-19(29)8-10-21(20)36-27(24)28(32)30(25)11-6-12-34-17(3)4/h7-10,13-14,16-17,25H,6,11-12,15H2,1-5H3. The van der Waals surface area contributed by atoms with Crippen molar-refractivity contribution in [1.82, 2.24) is 4.90 Å². The summed E-state index contributed by atoms with van der Waals surface area (Å²) < 4.78 is 37.0.